The number of benzene rings is 2. The van der Waals surface area contributed by atoms with Crippen LogP contribution in [0.4, 0.5) is 0 Å². The fraction of sp³-hybridized carbons (Fsp3) is 0.615. The molecule has 0 aliphatic carbocycles. The smallest absolute Gasteiger partial charge is 0.221 e. The van der Waals surface area contributed by atoms with Gasteiger partial charge in [0.25, 0.3) is 0 Å². The van der Waals surface area contributed by atoms with E-state index >= 15 is 0 Å². The van der Waals surface area contributed by atoms with Crippen LogP contribution in [0, 0.1) is 6.92 Å². The molecule has 1 aliphatic heterocycles. The van der Waals surface area contributed by atoms with Gasteiger partial charge in [-0.2, -0.15) is 0 Å². The van der Waals surface area contributed by atoms with Gasteiger partial charge in [0.1, 0.15) is 18.5 Å². The second kappa shape index (κ2) is 19.3. The summed E-state index contributed by atoms with van der Waals surface area (Å²) in [4.78, 5) is 17.9. The largest absolute Gasteiger partial charge is 0.491 e. The molecule has 0 bridgehead atoms. The first-order valence-electron chi connectivity index (χ1n) is 18.1. The second-order valence-electron chi connectivity index (χ2n) is 13.5. The standard InChI is InChI=1S/C39H58ClN3O3/c1-3-4-5-6-7-8-9-10-11-12-13-14-15-16-17-32-29(2)18-21-38(34(32)25-39(41)45)46-28-31(44)26-43-23-22-37-35(27-43)33-24-30(40)19-20-36(33)42-37/h18-21,24,31,42,44H,3-17,22-23,25-28H2,1-2H3,(H2,41,45). The summed E-state index contributed by atoms with van der Waals surface area (Å²) in [5.74, 6) is 0.303. The quantitative estimate of drug-likeness (QED) is 0.0946. The van der Waals surface area contributed by atoms with Crippen molar-refractivity contribution in [1.82, 2.24) is 9.88 Å². The van der Waals surface area contributed by atoms with Gasteiger partial charge in [-0.05, 0) is 60.7 Å². The number of primary amides is 1. The number of amides is 1. The normalized spacial score (nSPS) is 14.1. The van der Waals surface area contributed by atoms with E-state index in [0.717, 1.165) is 53.8 Å². The molecular formula is C39H58ClN3O3. The Morgan fingerprint density at radius 3 is 2.26 bits per heavy atom. The summed E-state index contributed by atoms with van der Waals surface area (Å²) in [5.41, 5.74) is 12.5. The van der Waals surface area contributed by atoms with Gasteiger partial charge in [-0.15, -0.1) is 0 Å². The van der Waals surface area contributed by atoms with Gasteiger partial charge in [0.2, 0.25) is 5.91 Å². The van der Waals surface area contributed by atoms with Crippen LogP contribution in [0.3, 0.4) is 0 Å². The highest BCUT2D eigenvalue weighted by Crippen LogP contribution is 2.31. The van der Waals surface area contributed by atoms with Crippen molar-refractivity contribution in [2.75, 3.05) is 19.7 Å². The molecule has 254 valence electrons. The van der Waals surface area contributed by atoms with E-state index in [2.05, 4.69) is 29.8 Å². The van der Waals surface area contributed by atoms with Crippen LogP contribution < -0.4 is 10.5 Å². The fourth-order valence-corrected chi connectivity index (χ4v) is 7.24. The molecule has 1 amide bonds. The number of H-pyrrole nitrogens is 1. The number of aromatic nitrogens is 1. The van der Waals surface area contributed by atoms with E-state index in [1.807, 2.05) is 24.3 Å². The highest BCUT2D eigenvalue weighted by atomic mass is 35.5. The number of aryl methyl sites for hydroxylation is 1. The molecule has 1 unspecified atom stereocenters. The lowest BCUT2D eigenvalue weighted by Crippen LogP contribution is -2.38. The molecular weight excluding hydrogens is 594 g/mol. The van der Waals surface area contributed by atoms with E-state index in [9.17, 15) is 9.90 Å². The number of aliphatic hydroxyl groups is 1. The Morgan fingerprint density at radius 1 is 0.957 bits per heavy atom. The average Bonchev–Trinajstić information content (AvgIpc) is 3.38. The van der Waals surface area contributed by atoms with Gasteiger partial charge in [0.15, 0.2) is 0 Å². The monoisotopic (exact) mass is 651 g/mol. The first-order valence-corrected chi connectivity index (χ1v) is 18.4. The maximum atomic E-state index is 12.1. The third-order valence-electron chi connectivity index (χ3n) is 9.67. The van der Waals surface area contributed by atoms with Crippen LogP contribution in [-0.4, -0.2) is 46.7 Å². The lowest BCUT2D eigenvalue weighted by Gasteiger charge is -2.29. The number of rotatable bonds is 22. The molecule has 0 saturated carbocycles. The van der Waals surface area contributed by atoms with Gasteiger partial charge in [-0.3, -0.25) is 9.69 Å². The molecule has 4 N–H and O–H groups in total. The van der Waals surface area contributed by atoms with Crippen molar-refractivity contribution in [3.8, 4) is 5.75 Å². The zero-order valence-electron chi connectivity index (χ0n) is 28.5. The number of nitrogens with one attached hydrogen (secondary N) is 1. The Balaban J connectivity index is 1.20. The summed E-state index contributed by atoms with van der Waals surface area (Å²) in [6.07, 6.45) is 20.0. The summed E-state index contributed by atoms with van der Waals surface area (Å²) in [7, 11) is 0. The van der Waals surface area contributed by atoms with Gasteiger partial charge in [-0.25, -0.2) is 0 Å². The van der Waals surface area contributed by atoms with E-state index < -0.39 is 6.10 Å². The van der Waals surface area contributed by atoms with Crippen LogP contribution >= 0.6 is 11.6 Å². The first-order chi connectivity index (χ1) is 22.4. The Hall–Kier alpha value is -2.54. The molecule has 2 aromatic carbocycles. The van der Waals surface area contributed by atoms with Crippen LogP contribution in [0.5, 0.6) is 5.75 Å². The van der Waals surface area contributed by atoms with Crippen molar-refractivity contribution >= 4 is 28.4 Å². The number of β-amino-alcohol motifs (C(OH)–C–C–N with tert-alkyl or cyclic N) is 1. The minimum Gasteiger partial charge on any atom is -0.491 e. The van der Waals surface area contributed by atoms with Gasteiger partial charge in [0.05, 0.1) is 6.42 Å². The Morgan fingerprint density at radius 2 is 1.61 bits per heavy atom. The second-order valence-corrected chi connectivity index (χ2v) is 14.0. The van der Waals surface area contributed by atoms with Gasteiger partial charge in [0, 0.05) is 53.2 Å². The lowest BCUT2D eigenvalue weighted by molar-refractivity contribution is -0.117. The third-order valence-corrected chi connectivity index (χ3v) is 9.91. The molecule has 0 saturated heterocycles. The number of aliphatic hydroxyl groups excluding tert-OH is 1. The number of nitrogens with two attached hydrogens (primary N) is 1. The molecule has 0 spiro atoms. The summed E-state index contributed by atoms with van der Waals surface area (Å²) in [6, 6.07) is 9.95. The highest BCUT2D eigenvalue weighted by molar-refractivity contribution is 6.31. The van der Waals surface area contributed by atoms with E-state index in [1.54, 1.807) is 0 Å². The minimum absolute atomic E-state index is 0.152. The van der Waals surface area contributed by atoms with Gasteiger partial charge >= 0.3 is 0 Å². The number of halogens is 1. The average molecular weight is 652 g/mol. The molecule has 46 heavy (non-hydrogen) atoms. The van der Waals surface area contributed by atoms with E-state index in [0.29, 0.717) is 12.3 Å². The van der Waals surface area contributed by atoms with Crippen molar-refractivity contribution in [1.29, 1.82) is 0 Å². The third kappa shape index (κ3) is 11.3. The Kier molecular flexibility index (Phi) is 15.2. The number of unbranched alkanes of at least 4 members (excludes halogenated alkanes) is 13. The van der Waals surface area contributed by atoms with Gasteiger partial charge < -0.3 is 20.6 Å². The van der Waals surface area contributed by atoms with Crippen molar-refractivity contribution in [2.45, 2.75) is 136 Å². The molecule has 0 fully saturated rings. The highest BCUT2D eigenvalue weighted by Gasteiger charge is 2.23. The van der Waals surface area contributed by atoms with Crippen LogP contribution in [0.1, 0.15) is 125 Å². The summed E-state index contributed by atoms with van der Waals surface area (Å²) in [6.45, 7) is 6.67. The topological polar surface area (TPSA) is 91.6 Å². The molecule has 7 heteroatoms. The number of ether oxygens (including phenoxy) is 1. The zero-order chi connectivity index (χ0) is 32.7. The number of fused-ring (bicyclic) bond motifs is 3. The van der Waals surface area contributed by atoms with Crippen molar-refractivity contribution in [3.05, 3.63) is 63.3 Å². The number of aromatic amines is 1. The molecule has 2 heterocycles. The van der Waals surface area contributed by atoms with E-state index in [4.69, 9.17) is 22.1 Å². The molecule has 3 aromatic rings. The number of carbonyl (C=O) groups is 1. The fourth-order valence-electron chi connectivity index (χ4n) is 7.07. The van der Waals surface area contributed by atoms with Crippen molar-refractivity contribution in [3.63, 3.8) is 0 Å². The maximum Gasteiger partial charge on any atom is 0.221 e. The molecule has 0 radical (unpaired) electrons. The summed E-state index contributed by atoms with van der Waals surface area (Å²) >= 11 is 6.27. The summed E-state index contributed by atoms with van der Waals surface area (Å²) < 4.78 is 6.19. The van der Waals surface area contributed by atoms with Crippen molar-refractivity contribution < 1.29 is 14.6 Å². The predicted octanol–water partition coefficient (Wildman–Crippen LogP) is 8.98. The van der Waals surface area contributed by atoms with Crippen LogP contribution in [0.25, 0.3) is 10.9 Å². The molecule has 6 nitrogen and oxygen atoms in total. The molecule has 1 aromatic heterocycles. The Bertz CT molecular complexity index is 1370. The van der Waals surface area contributed by atoms with E-state index in [1.165, 1.54) is 106 Å². The number of hydrogen-bond donors (Lipinski definition) is 3. The maximum absolute atomic E-state index is 12.1. The zero-order valence-corrected chi connectivity index (χ0v) is 29.2. The van der Waals surface area contributed by atoms with Crippen LogP contribution in [0.15, 0.2) is 30.3 Å². The van der Waals surface area contributed by atoms with Crippen molar-refractivity contribution in [2.24, 2.45) is 5.73 Å². The predicted molar refractivity (Wildman–Crippen MR) is 192 cm³/mol. The molecule has 1 atom stereocenters. The number of nitrogens with zero attached hydrogens (tertiary/aromatic N) is 1. The first kappa shape index (κ1) is 36.3. The Labute approximate surface area is 282 Å². The van der Waals surface area contributed by atoms with Crippen LogP contribution in [-0.2, 0) is 30.6 Å². The molecule has 1 aliphatic rings. The SMILES string of the molecule is CCCCCCCCCCCCCCCCc1c(C)ccc(OCC(O)CN2CCc3[nH]c4ccc(Cl)cc4c3C2)c1CC(N)=O. The van der Waals surface area contributed by atoms with Gasteiger partial charge in [-0.1, -0.05) is 108 Å². The lowest BCUT2D eigenvalue weighted by atomic mass is 9.93. The minimum atomic E-state index is -0.660. The molecule has 4 rings (SSSR count). The van der Waals surface area contributed by atoms with Crippen LogP contribution in [0.2, 0.25) is 5.02 Å². The van der Waals surface area contributed by atoms with E-state index in [-0.39, 0.29) is 18.9 Å². The number of carbonyl (C=O) groups excluding carboxylic acids is 1. The number of hydrogen-bond acceptors (Lipinski definition) is 4. The summed E-state index contributed by atoms with van der Waals surface area (Å²) in [5, 5.41) is 12.9.